The number of nitrogens with zero attached hydrogens (tertiary/aromatic N) is 4. The number of hydrogen-bond donors (Lipinski definition) is 1. The number of carbonyl (C=O) groups is 1. The number of hydrogen-bond acceptors (Lipinski definition) is 6. The minimum Gasteiger partial charge on any atom is -0.481 e. The van der Waals surface area contributed by atoms with Gasteiger partial charge in [0, 0.05) is 38.2 Å². The molecule has 1 fully saturated rings. The number of aliphatic carboxylic acids is 1. The summed E-state index contributed by atoms with van der Waals surface area (Å²) in [6, 6.07) is 8.07. The lowest BCUT2D eigenvalue weighted by molar-refractivity contribution is -0.137. The summed E-state index contributed by atoms with van der Waals surface area (Å²) in [6.45, 7) is 7.29. The van der Waals surface area contributed by atoms with Crippen LogP contribution in [0, 0.1) is 6.92 Å². The molecule has 1 saturated heterocycles. The summed E-state index contributed by atoms with van der Waals surface area (Å²) in [6.07, 6.45) is 0.947. The molecule has 1 aliphatic rings. The van der Waals surface area contributed by atoms with Gasteiger partial charge in [0.2, 0.25) is 11.7 Å². The second kappa shape index (κ2) is 8.22. The van der Waals surface area contributed by atoms with E-state index in [1.54, 1.807) is 0 Å². The van der Waals surface area contributed by atoms with Gasteiger partial charge in [-0.1, -0.05) is 35.0 Å². The molecule has 7 nitrogen and oxygen atoms in total. The predicted octanol–water partition coefficient (Wildman–Crippen LogP) is 2.03. The summed E-state index contributed by atoms with van der Waals surface area (Å²) in [5, 5.41) is 12.8. The Balaban J connectivity index is 1.46. The third-order valence-corrected chi connectivity index (χ3v) is 4.47. The van der Waals surface area contributed by atoms with Gasteiger partial charge in [-0.15, -0.1) is 0 Å². The molecule has 0 atom stereocenters. The van der Waals surface area contributed by atoms with Gasteiger partial charge < -0.3 is 14.5 Å². The molecular weight excluding hydrogens is 320 g/mol. The third kappa shape index (κ3) is 5.11. The number of rotatable bonds is 7. The molecule has 134 valence electrons. The average molecular weight is 344 g/mol. The molecule has 1 aromatic heterocycles. The monoisotopic (exact) mass is 344 g/mol. The number of piperazine rings is 1. The van der Waals surface area contributed by atoms with Crippen molar-refractivity contribution in [3.8, 4) is 11.4 Å². The van der Waals surface area contributed by atoms with Gasteiger partial charge >= 0.3 is 5.97 Å². The molecule has 2 heterocycles. The first-order valence-electron chi connectivity index (χ1n) is 8.66. The Bertz CT molecular complexity index is 691. The van der Waals surface area contributed by atoms with E-state index in [0.29, 0.717) is 24.7 Å². The lowest BCUT2D eigenvalue weighted by Crippen LogP contribution is -2.46. The van der Waals surface area contributed by atoms with Gasteiger partial charge in [-0.3, -0.25) is 9.69 Å². The Morgan fingerprint density at radius 2 is 1.84 bits per heavy atom. The van der Waals surface area contributed by atoms with Crippen LogP contribution in [0.2, 0.25) is 0 Å². The van der Waals surface area contributed by atoms with Crippen molar-refractivity contribution in [3.63, 3.8) is 0 Å². The van der Waals surface area contributed by atoms with Crippen LogP contribution in [0.3, 0.4) is 0 Å². The highest BCUT2D eigenvalue weighted by molar-refractivity contribution is 5.66. The largest absolute Gasteiger partial charge is 0.481 e. The van der Waals surface area contributed by atoms with E-state index < -0.39 is 5.97 Å². The van der Waals surface area contributed by atoms with Gasteiger partial charge in [0.25, 0.3) is 0 Å². The van der Waals surface area contributed by atoms with E-state index in [1.165, 1.54) is 5.56 Å². The molecule has 25 heavy (non-hydrogen) atoms. The van der Waals surface area contributed by atoms with E-state index >= 15 is 0 Å². The van der Waals surface area contributed by atoms with E-state index in [2.05, 4.69) is 19.9 Å². The zero-order chi connectivity index (χ0) is 17.6. The molecule has 1 aliphatic heterocycles. The van der Waals surface area contributed by atoms with Gasteiger partial charge in [0.05, 0.1) is 6.54 Å². The molecule has 0 amide bonds. The first-order valence-corrected chi connectivity index (χ1v) is 8.66. The van der Waals surface area contributed by atoms with Gasteiger partial charge in [-0.25, -0.2) is 0 Å². The lowest BCUT2D eigenvalue weighted by atomic mass is 10.1. The molecule has 0 radical (unpaired) electrons. The van der Waals surface area contributed by atoms with Crippen LogP contribution in [-0.2, 0) is 11.3 Å². The van der Waals surface area contributed by atoms with Gasteiger partial charge in [-0.2, -0.15) is 4.98 Å². The number of carboxylic acid groups (broad SMARTS) is 1. The van der Waals surface area contributed by atoms with Crippen molar-refractivity contribution in [2.45, 2.75) is 26.3 Å². The molecule has 0 saturated carbocycles. The molecule has 0 aliphatic carbocycles. The second-order valence-electron chi connectivity index (χ2n) is 6.49. The van der Waals surface area contributed by atoms with Crippen molar-refractivity contribution in [1.29, 1.82) is 0 Å². The summed E-state index contributed by atoms with van der Waals surface area (Å²) in [4.78, 5) is 19.7. The van der Waals surface area contributed by atoms with Crippen LogP contribution in [0.15, 0.2) is 28.8 Å². The molecule has 1 N–H and O–H groups in total. The van der Waals surface area contributed by atoms with Crippen LogP contribution >= 0.6 is 0 Å². The minimum atomic E-state index is -0.723. The summed E-state index contributed by atoms with van der Waals surface area (Å²) in [5.41, 5.74) is 2.16. The molecular formula is C18H24N4O3. The quantitative estimate of drug-likeness (QED) is 0.823. The minimum absolute atomic E-state index is 0.240. The van der Waals surface area contributed by atoms with Crippen LogP contribution in [0.1, 0.15) is 24.3 Å². The first-order chi connectivity index (χ1) is 12.1. The molecule has 0 bridgehead atoms. The van der Waals surface area contributed by atoms with E-state index in [-0.39, 0.29) is 6.42 Å². The predicted molar refractivity (Wildman–Crippen MR) is 93.1 cm³/mol. The zero-order valence-corrected chi connectivity index (χ0v) is 14.5. The van der Waals surface area contributed by atoms with Crippen LogP contribution in [0.4, 0.5) is 0 Å². The molecule has 2 aromatic rings. The number of benzene rings is 1. The lowest BCUT2D eigenvalue weighted by Gasteiger charge is -2.33. The van der Waals surface area contributed by atoms with Crippen LogP contribution in [-0.4, -0.2) is 63.7 Å². The van der Waals surface area contributed by atoms with Crippen molar-refractivity contribution in [2.24, 2.45) is 0 Å². The summed E-state index contributed by atoms with van der Waals surface area (Å²) in [5.74, 6) is 0.539. The zero-order valence-electron chi connectivity index (χ0n) is 14.5. The Morgan fingerprint density at radius 3 is 2.52 bits per heavy atom. The summed E-state index contributed by atoms with van der Waals surface area (Å²) < 4.78 is 5.39. The fraction of sp³-hybridized carbons (Fsp3) is 0.500. The van der Waals surface area contributed by atoms with E-state index in [0.717, 1.165) is 38.3 Å². The highest BCUT2D eigenvalue weighted by atomic mass is 16.5. The summed E-state index contributed by atoms with van der Waals surface area (Å²) >= 11 is 0. The normalized spacial score (nSPS) is 16.2. The molecule has 0 unspecified atom stereocenters. The molecule has 7 heteroatoms. The van der Waals surface area contributed by atoms with E-state index in [4.69, 9.17) is 9.63 Å². The van der Waals surface area contributed by atoms with Crippen molar-refractivity contribution in [1.82, 2.24) is 19.9 Å². The Morgan fingerprint density at radius 1 is 1.16 bits per heavy atom. The Labute approximate surface area is 147 Å². The van der Waals surface area contributed by atoms with Gasteiger partial charge in [0.15, 0.2) is 0 Å². The highest BCUT2D eigenvalue weighted by Crippen LogP contribution is 2.17. The Kier molecular flexibility index (Phi) is 5.78. The van der Waals surface area contributed by atoms with Crippen molar-refractivity contribution in [3.05, 3.63) is 35.7 Å². The maximum atomic E-state index is 10.6. The molecule has 1 aromatic carbocycles. The van der Waals surface area contributed by atoms with Gasteiger partial charge in [0.1, 0.15) is 0 Å². The summed E-state index contributed by atoms with van der Waals surface area (Å²) in [7, 11) is 0. The topological polar surface area (TPSA) is 82.7 Å². The maximum absolute atomic E-state index is 10.6. The number of aryl methyl sites for hydroxylation is 1. The fourth-order valence-electron chi connectivity index (χ4n) is 2.96. The molecule has 3 rings (SSSR count). The standard InChI is InChI=1S/C18H24N4O3/c1-14-4-6-15(7-5-14)18-19-16(25-20-18)13-22-11-9-21(10-12-22)8-2-3-17(23)24/h4-7H,2-3,8-13H2,1H3,(H,23,24). The second-order valence-corrected chi connectivity index (χ2v) is 6.49. The number of carboxylic acids is 1. The molecule has 0 spiro atoms. The maximum Gasteiger partial charge on any atom is 0.303 e. The van der Waals surface area contributed by atoms with Crippen LogP contribution in [0.25, 0.3) is 11.4 Å². The fourth-order valence-corrected chi connectivity index (χ4v) is 2.96. The smallest absolute Gasteiger partial charge is 0.303 e. The highest BCUT2D eigenvalue weighted by Gasteiger charge is 2.19. The van der Waals surface area contributed by atoms with E-state index in [9.17, 15) is 4.79 Å². The average Bonchev–Trinajstić information content (AvgIpc) is 3.05. The van der Waals surface area contributed by atoms with Crippen LogP contribution < -0.4 is 0 Å². The third-order valence-electron chi connectivity index (χ3n) is 4.47. The van der Waals surface area contributed by atoms with Crippen molar-refractivity contribution < 1.29 is 14.4 Å². The van der Waals surface area contributed by atoms with Gasteiger partial charge in [-0.05, 0) is 19.9 Å². The van der Waals surface area contributed by atoms with E-state index in [1.807, 2.05) is 31.2 Å². The van der Waals surface area contributed by atoms with Crippen molar-refractivity contribution >= 4 is 5.97 Å². The van der Waals surface area contributed by atoms with Crippen molar-refractivity contribution in [2.75, 3.05) is 32.7 Å². The Hall–Kier alpha value is -2.25. The van der Waals surface area contributed by atoms with Crippen LogP contribution in [0.5, 0.6) is 0 Å². The first kappa shape index (κ1) is 17.6. The number of aromatic nitrogens is 2. The SMILES string of the molecule is Cc1ccc(-c2noc(CN3CCN(CCCC(=O)O)CC3)n2)cc1.